The number of allylic oxidation sites excluding steroid dienone is 1. The minimum absolute atomic E-state index is 1.02. The van der Waals surface area contributed by atoms with Crippen LogP contribution in [0.1, 0.15) is 0 Å². The Kier molecular flexibility index (Phi) is 5.37. The van der Waals surface area contributed by atoms with Crippen molar-refractivity contribution in [2.24, 2.45) is 0 Å². The van der Waals surface area contributed by atoms with Crippen molar-refractivity contribution in [1.82, 2.24) is 0 Å². The van der Waals surface area contributed by atoms with E-state index < -0.39 is 0 Å². The molecule has 0 atom stereocenters. The normalized spacial score (nSPS) is 9.14. The summed E-state index contributed by atoms with van der Waals surface area (Å²) in [4.78, 5) is 0. The van der Waals surface area contributed by atoms with E-state index in [4.69, 9.17) is 6.42 Å². The predicted molar refractivity (Wildman–Crippen MR) is 36.4 cm³/mol. The molecule has 0 aromatic heterocycles. The number of rotatable bonds is 2. The fourth-order valence-electron chi connectivity index (χ4n) is 0.212. The summed E-state index contributed by atoms with van der Waals surface area (Å²) in [6.45, 7) is 0. The summed E-state index contributed by atoms with van der Waals surface area (Å²) in [6, 6.07) is 0. The van der Waals surface area contributed by atoms with Gasteiger partial charge in [0.05, 0.1) is 0 Å². The van der Waals surface area contributed by atoms with E-state index in [1.165, 1.54) is 0 Å². The van der Waals surface area contributed by atoms with Crippen molar-refractivity contribution in [2.45, 2.75) is 0 Å². The van der Waals surface area contributed by atoms with Crippen LogP contribution in [0.5, 0.6) is 0 Å². The Balaban J connectivity index is 2.97. The van der Waals surface area contributed by atoms with Crippen LogP contribution in [-0.2, 0) is 0 Å². The summed E-state index contributed by atoms with van der Waals surface area (Å²) in [5, 5.41) is 0. The van der Waals surface area contributed by atoms with E-state index in [0.717, 1.165) is 5.75 Å². The summed E-state index contributed by atoms with van der Waals surface area (Å²) in [7, 11) is 0. The molecule has 0 aliphatic heterocycles. The molecule has 1 heteroatoms. The molecule has 38 valence electrons. The lowest BCUT2D eigenvalue weighted by Gasteiger charge is -1.77. The SMILES string of the molecule is C#C/C=C/CSC. The summed E-state index contributed by atoms with van der Waals surface area (Å²) in [5.74, 6) is 3.43. The molecule has 0 aromatic carbocycles. The molecule has 0 saturated heterocycles. The van der Waals surface area contributed by atoms with E-state index in [1.54, 1.807) is 17.8 Å². The van der Waals surface area contributed by atoms with Gasteiger partial charge in [0, 0.05) is 5.75 Å². The van der Waals surface area contributed by atoms with Crippen LogP contribution in [0.2, 0.25) is 0 Å². The molecule has 0 fully saturated rings. The maximum absolute atomic E-state index is 4.92. The van der Waals surface area contributed by atoms with Crippen molar-refractivity contribution in [3.63, 3.8) is 0 Å². The zero-order valence-electron chi connectivity index (χ0n) is 4.35. The van der Waals surface area contributed by atoms with Crippen LogP contribution < -0.4 is 0 Å². The molecule has 0 rings (SSSR count). The molecule has 0 amide bonds. The van der Waals surface area contributed by atoms with Crippen molar-refractivity contribution in [2.75, 3.05) is 12.0 Å². The lowest BCUT2D eigenvalue weighted by atomic mass is 10.5. The van der Waals surface area contributed by atoms with Gasteiger partial charge in [-0.25, -0.2) is 0 Å². The predicted octanol–water partition coefficient (Wildman–Crippen LogP) is 1.54. The number of hydrogen-bond acceptors (Lipinski definition) is 1. The van der Waals surface area contributed by atoms with Crippen molar-refractivity contribution in [1.29, 1.82) is 0 Å². The van der Waals surface area contributed by atoms with E-state index in [9.17, 15) is 0 Å². The Bertz CT molecular complexity index is 86.8. The molecule has 0 spiro atoms. The molecule has 0 saturated carbocycles. The van der Waals surface area contributed by atoms with Gasteiger partial charge in [0.2, 0.25) is 0 Å². The van der Waals surface area contributed by atoms with Crippen LogP contribution in [0.4, 0.5) is 0 Å². The highest BCUT2D eigenvalue weighted by Crippen LogP contribution is 1.89. The standard InChI is InChI=1S/C6H8S/c1-3-4-5-6-7-2/h1,4-5H,6H2,2H3/b5-4+. The lowest BCUT2D eigenvalue weighted by molar-refractivity contribution is 1.78. The van der Waals surface area contributed by atoms with Gasteiger partial charge in [0.25, 0.3) is 0 Å². The van der Waals surface area contributed by atoms with Crippen LogP contribution >= 0.6 is 11.8 Å². The highest BCUT2D eigenvalue weighted by Gasteiger charge is 1.65. The van der Waals surface area contributed by atoms with Gasteiger partial charge in [0.1, 0.15) is 0 Å². The Morgan fingerprint density at radius 2 is 2.57 bits per heavy atom. The molecule has 0 bridgehead atoms. The molecular formula is C6H8S. The quantitative estimate of drug-likeness (QED) is 0.488. The third-order valence-electron chi connectivity index (χ3n) is 0.477. The summed E-state index contributed by atoms with van der Waals surface area (Å²) in [5.41, 5.74) is 0. The van der Waals surface area contributed by atoms with Gasteiger partial charge in [0.15, 0.2) is 0 Å². The van der Waals surface area contributed by atoms with E-state index in [-0.39, 0.29) is 0 Å². The van der Waals surface area contributed by atoms with Gasteiger partial charge >= 0.3 is 0 Å². The molecule has 7 heavy (non-hydrogen) atoms. The zero-order valence-corrected chi connectivity index (χ0v) is 5.16. The van der Waals surface area contributed by atoms with Gasteiger partial charge in [-0.3, -0.25) is 0 Å². The third kappa shape index (κ3) is 5.65. The summed E-state index contributed by atoms with van der Waals surface area (Å²) in [6.07, 6.45) is 10.6. The van der Waals surface area contributed by atoms with Gasteiger partial charge in [-0.15, -0.1) is 6.42 Å². The van der Waals surface area contributed by atoms with Crippen molar-refractivity contribution in [3.05, 3.63) is 12.2 Å². The first kappa shape index (κ1) is 6.65. The van der Waals surface area contributed by atoms with E-state index >= 15 is 0 Å². The second-order valence-corrected chi connectivity index (χ2v) is 1.94. The largest absolute Gasteiger partial charge is 0.161 e. The van der Waals surface area contributed by atoms with E-state index in [0.29, 0.717) is 0 Å². The van der Waals surface area contributed by atoms with Crippen molar-refractivity contribution in [3.8, 4) is 12.3 Å². The Morgan fingerprint density at radius 1 is 1.86 bits per heavy atom. The minimum atomic E-state index is 1.02. The molecule has 0 radical (unpaired) electrons. The molecule has 0 N–H and O–H groups in total. The van der Waals surface area contributed by atoms with Crippen LogP contribution in [0.15, 0.2) is 12.2 Å². The van der Waals surface area contributed by atoms with Crippen LogP contribution in [0.25, 0.3) is 0 Å². The molecule has 0 aromatic rings. The molecular weight excluding hydrogens is 104 g/mol. The Labute approximate surface area is 49.0 Å². The van der Waals surface area contributed by atoms with Crippen LogP contribution in [0.3, 0.4) is 0 Å². The average Bonchev–Trinajstić information content (AvgIpc) is 1.69. The smallest absolute Gasteiger partial charge is 0.0119 e. The van der Waals surface area contributed by atoms with Crippen LogP contribution in [-0.4, -0.2) is 12.0 Å². The van der Waals surface area contributed by atoms with Gasteiger partial charge in [-0.05, 0) is 12.3 Å². The molecule has 0 nitrogen and oxygen atoms in total. The highest BCUT2D eigenvalue weighted by atomic mass is 32.2. The fraction of sp³-hybridized carbons (Fsp3) is 0.333. The van der Waals surface area contributed by atoms with Crippen molar-refractivity contribution >= 4 is 11.8 Å². The van der Waals surface area contributed by atoms with Gasteiger partial charge in [-0.1, -0.05) is 12.0 Å². The third-order valence-corrected chi connectivity index (χ3v) is 1.00. The van der Waals surface area contributed by atoms with E-state index in [2.05, 4.69) is 5.92 Å². The molecule has 0 unspecified atom stereocenters. The first-order valence-corrected chi connectivity index (χ1v) is 3.41. The second kappa shape index (κ2) is 5.65. The molecule has 0 aliphatic carbocycles. The van der Waals surface area contributed by atoms with Crippen molar-refractivity contribution < 1.29 is 0 Å². The summed E-state index contributed by atoms with van der Waals surface area (Å²) >= 11 is 1.76. The minimum Gasteiger partial charge on any atom is -0.161 e. The average molecular weight is 112 g/mol. The Hall–Kier alpha value is -0.350. The maximum atomic E-state index is 4.92. The van der Waals surface area contributed by atoms with Gasteiger partial charge in [-0.2, -0.15) is 11.8 Å². The summed E-state index contributed by atoms with van der Waals surface area (Å²) < 4.78 is 0. The molecule has 0 heterocycles. The lowest BCUT2D eigenvalue weighted by Crippen LogP contribution is -1.61. The highest BCUT2D eigenvalue weighted by molar-refractivity contribution is 7.98. The number of hydrogen-bond donors (Lipinski definition) is 0. The number of terminal acetylenes is 1. The number of thioether (sulfide) groups is 1. The fourth-order valence-corrected chi connectivity index (χ4v) is 0.501. The topological polar surface area (TPSA) is 0 Å². The Morgan fingerprint density at radius 3 is 3.00 bits per heavy atom. The molecule has 0 aliphatic rings. The van der Waals surface area contributed by atoms with Gasteiger partial charge < -0.3 is 0 Å². The first-order chi connectivity index (χ1) is 3.41. The van der Waals surface area contributed by atoms with E-state index in [1.807, 2.05) is 12.3 Å². The second-order valence-electron chi connectivity index (χ2n) is 1.02. The zero-order chi connectivity index (χ0) is 5.54. The monoisotopic (exact) mass is 112 g/mol. The maximum Gasteiger partial charge on any atom is 0.0119 e. The first-order valence-electron chi connectivity index (χ1n) is 2.02. The van der Waals surface area contributed by atoms with Crippen LogP contribution in [0, 0.1) is 12.3 Å².